The number of anilines is 1. The van der Waals surface area contributed by atoms with Crippen LogP contribution in [0.3, 0.4) is 0 Å². The van der Waals surface area contributed by atoms with Crippen LogP contribution >= 0.6 is 0 Å². The quantitative estimate of drug-likeness (QED) is 0.666. The third-order valence-electron chi connectivity index (χ3n) is 5.06. The first-order valence-corrected chi connectivity index (χ1v) is 11.6. The lowest BCUT2D eigenvalue weighted by Crippen LogP contribution is -2.38. The van der Waals surface area contributed by atoms with E-state index in [9.17, 15) is 18.0 Å². The van der Waals surface area contributed by atoms with Gasteiger partial charge in [-0.05, 0) is 35.2 Å². The zero-order valence-corrected chi connectivity index (χ0v) is 18.5. The van der Waals surface area contributed by atoms with Crippen LogP contribution in [0.15, 0.2) is 48.5 Å². The molecule has 0 atom stereocenters. The van der Waals surface area contributed by atoms with Gasteiger partial charge in [-0.25, -0.2) is 12.7 Å². The highest BCUT2D eigenvalue weighted by Gasteiger charge is 2.20. The Morgan fingerprint density at radius 2 is 1.81 bits per heavy atom. The summed E-state index contributed by atoms with van der Waals surface area (Å²) in [7, 11) is -0.447. The third-order valence-corrected chi connectivity index (χ3v) is 6.87. The lowest BCUT2D eigenvalue weighted by Gasteiger charge is -2.28. The predicted molar refractivity (Wildman–Crippen MR) is 118 cm³/mol. The molecule has 0 saturated carbocycles. The fourth-order valence-corrected chi connectivity index (χ4v) is 4.17. The zero-order chi connectivity index (χ0) is 22.4. The van der Waals surface area contributed by atoms with E-state index in [4.69, 9.17) is 4.74 Å². The first-order chi connectivity index (χ1) is 14.7. The number of fused-ring (bicyclic) bond motifs is 1. The van der Waals surface area contributed by atoms with E-state index in [1.54, 1.807) is 29.2 Å². The number of nitrogens with zero attached hydrogens (tertiary/aromatic N) is 2. The monoisotopic (exact) mass is 445 g/mol. The van der Waals surface area contributed by atoms with E-state index in [1.165, 1.54) is 19.7 Å². The van der Waals surface area contributed by atoms with Crippen molar-refractivity contribution in [3.05, 3.63) is 65.2 Å². The van der Waals surface area contributed by atoms with Crippen LogP contribution in [-0.4, -0.2) is 63.3 Å². The van der Waals surface area contributed by atoms with Crippen molar-refractivity contribution in [1.82, 2.24) is 9.21 Å². The van der Waals surface area contributed by atoms with Gasteiger partial charge in [-0.3, -0.25) is 9.59 Å². The number of carbonyl (C=O) groups excluding carboxylic acids is 2. The van der Waals surface area contributed by atoms with Crippen molar-refractivity contribution in [2.24, 2.45) is 0 Å². The Kier molecular flexibility index (Phi) is 7.42. The van der Waals surface area contributed by atoms with E-state index in [0.717, 1.165) is 16.3 Å². The van der Waals surface area contributed by atoms with E-state index in [2.05, 4.69) is 11.4 Å². The normalized spacial score (nSPS) is 13.7. The van der Waals surface area contributed by atoms with Gasteiger partial charge in [0.05, 0.1) is 5.75 Å². The number of amides is 2. The van der Waals surface area contributed by atoms with Gasteiger partial charge in [0.25, 0.3) is 0 Å². The van der Waals surface area contributed by atoms with Gasteiger partial charge in [0.2, 0.25) is 21.8 Å². The minimum atomic E-state index is -3.40. The molecule has 0 saturated heterocycles. The van der Waals surface area contributed by atoms with Crippen molar-refractivity contribution in [1.29, 1.82) is 0 Å². The third kappa shape index (κ3) is 6.36. The highest BCUT2D eigenvalue weighted by molar-refractivity contribution is 7.88. The summed E-state index contributed by atoms with van der Waals surface area (Å²) in [4.78, 5) is 26.3. The van der Waals surface area contributed by atoms with Crippen molar-refractivity contribution in [2.45, 2.75) is 18.7 Å². The maximum Gasteiger partial charge on any atom is 0.250 e. The second-order valence-corrected chi connectivity index (χ2v) is 9.80. The highest BCUT2D eigenvalue weighted by atomic mass is 32.2. The Bertz CT molecular complexity index is 1050. The molecule has 0 spiro atoms. The lowest BCUT2D eigenvalue weighted by atomic mass is 10.00. The number of sulfonamides is 1. The Labute approximate surface area is 182 Å². The molecule has 0 fully saturated rings. The predicted octanol–water partition coefficient (Wildman–Crippen LogP) is 1.62. The smallest absolute Gasteiger partial charge is 0.250 e. The average Bonchev–Trinajstić information content (AvgIpc) is 2.73. The fraction of sp³-hybridized carbons (Fsp3) is 0.364. The molecule has 0 radical (unpaired) electrons. The number of carbonyl (C=O) groups is 2. The fourth-order valence-electron chi connectivity index (χ4n) is 3.31. The minimum Gasteiger partial charge on any atom is -0.362 e. The van der Waals surface area contributed by atoms with Crippen molar-refractivity contribution < 1.29 is 22.7 Å². The van der Waals surface area contributed by atoms with Crippen molar-refractivity contribution >= 4 is 27.5 Å². The van der Waals surface area contributed by atoms with Crippen molar-refractivity contribution in [3.8, 4) is 0 Å². The van der Waals surface area contributed by atoms with Crippen molar-refractivity contribution in [3.63, 3.8) is 0 Å². The van der Waals surface area contributed by atoms with Gasteiger partial charge in [-0.2, -0.15) is 0 Å². The van der Waals surface area contributed by atoms with Crippen LogP contribution in [-0.2, 0) is 43.1 Å². The molecule has 1 aliphatic rings. The highest BCUT2D eigenvalue weighted by Crippen LogP contribution is 2.18. The molecule has 0 aromatic heterocycles. The second kappa shape index (κ2) is 10.0. The second-order valence-electron chi connectivity index (χ2n) is 7.61. The van der Waals surface area contributed by atoms with Gasteiger partial charge in [0.15, 0.2) is 0 Å². The standard InChI is InChI=1S/C22H27N3O5S/c1-24(2)31(28,29)16-17-6-5-9-20(12-17)23-21(26)14-30-15-22(27)25-11-10-18-7-3-4-8-19(18)13-25/h3-9,12H,10-11,13-16H2,1-2H3,(H,23,26). The molecular weight excluding hydrogens is 418 g/mol. The maximum absolute atomic E-state index is 12.4. The first kappa shape index (κ1) is 22.9. The number of hydrogen-bond acceptors (Lipinski definition) is 5. The molecule has 2 amide bonds. The van der Waals surface area contributed by atoms with Crippen LogP contribution in [0.4, 0.5) is 5.69 Å². The van der Waals surface area contributed by atoms with E-state index in [1.807, 2.05) is 18.2 Å². The average molecular weight is 446 g/mol. The summed E-state index contributed by atoms with van der Waals surface area (Å²) in [6.07, 6.45) is 0.808. The number of ether oxygens (including phenoxy) is 1. The van der Waals surface area contributed by atoms with E-state index >= 15 is 0 Å². The topological polar surface area (TPSA) is 96.0 Å². The Balaban J connectivity index is 1.45. The molecule has 1 aliphatic heterocycles. The van der Waals surface area contributed by atoms with Crippen LogP contribution in [0.1, 0.15) is 16.7 Å². The van der Waals surface area contributed by atoms with Gasteiger partial charge in [0, 0.05) is 32.9 Å². The summed E-state index contributed by atoms with van der Waals surface area (Å²) in [6, 6.07) is 14.7. The number of hydrogen-bond donors (Lipinski definition) is 1. The van der Waals surface area contributed by atoms with Crippen LogP contribution in [0, 0.1) is 0 Å². The molecule has 1 heterocycles. The van der Waals surface area contributed by atoms with Crippen LogP contribution in [0.2, 0.25) is 0 Å². The molecule has 0 aliphatic carbocycles. The molecule has 0 bridgehead atoms. The van der Waals surface area contributed by atoms with Crippen LogP contribution in [0.25, 0.3) is 0 Å². The van der Waals surface area contributed by atoms with Gasteiger partial charge in [0.1, 0.15) is 13.2 Å². The molecular formula is C22H27N3O5S. The number of rotatable bonds is 8. The van der Waals surface area contributed by atoms with Crippen LogP contribution < -0.4 is 5.32 Å². The molecule has 166 valence electrons. The first-order valence-electron chi connectivity index (χ1n) is 9.96. The number of benzene rings is 2. The van der Waals surface area contributed by atoms with Gasteiger partial charge in [-0.15, -0.1) is 0 Å². The molecule has 1 N–H and O–H groups in total. The molecule has 9 heteroatoms. The van der Waals surface area contributed by atoms with E-state index < -0.39 is 15.9 Å². The summed E-state index contributed by atoms with van der Waals surface area (Å²) in [6.45, 7) is 0.744. The molecule has 2 aromatic rings. The van der Waals surface area contributed by atoms with E-state index in [0.29, 0.717) is 24.3 Å². The zero-order valence-electron chi connectivity index (χ0n) is 17.7. The summed E-state index contributed by atoms with van der Waals surface area (Å²) in [5, 5.41) is 2.67. The van der Waals surface area contributed by atoms with Crippen LogP contribution in [0.5, 0.6) is 0 Å². The molecule has 8 nitrogen and oxygen atoms in total. The Morgan fingerprint density at radius 1 is 1.06 bits per heavy atom. The summed E-state index contributed by atoms with van der Waals surface area (Å²) >= 11 is 0. The Hall–Kier alpha value is -2.75. The molecule has 31 heavy (non-hydrogen) atoms. The lowest BCUT2D eigenvalue weighted by molar-refractivity contribution is -0.138. The molecule has 3 rings (SSSR count). The number of nitrogens with one attached hydrogen (secondary N) is 1. The maximum atomic E-state index is 12.4. The van der Waals surface area contributed by atoms with E-state index in [-0.39, 0.29) is 24.9 Å². The van der Waals surface area contributed by atoms with Gasteiger partial charge < -0.3 is 15.0 Å². The molecule has 0 unspecified atom stereocenters. The Morgan fingerprint density at radius 3 is 2.55 bits per heavy atom. The summed E-state index contributed by atoms with van der Waals surface area (Å²) < 4.78 is 30.5. The molecule has 2 aromatic carbocycles. The minimum absolute atomic E-state index is 0.154. The largest absolute Gasteiger partial charge is 0.362 e. The van der Waals surface area contributed by atoms with Crippen molar-refractivity contribution in [2.75, 3.05) is 39.2 Å². The summed E-state index contributed by atoms with van der Waals surface area (Å²) in [5.41, 5.74) is 3.43. The SMILES string of the molecule is CN(C)S(=O)(=O)Cc1cccc(NC(=O)COCC(=O)N2CCc3ccccc3C2)c1. The summed E-state index contributed by atoms with van der Waals surface area (Å²) in [5.74, 6) is -0.726. The van der Waals surface area contributed by atoms with Gasteiger partial charge in [-0.1, -0.05) is 36.4 Å². The van der Waals surface area contributed by atoms with Gasteiger partial charge >= 0.3 is 0 Å².